The Hall–Kier alpha value is -3.32. The lowest BCUT2D eigenvalue weighted by Crippen LogP contribution is -2.42. The summed E-state index contributed by atoms with van der Waals surface area (Å²) in [4.78, 5) is 13.3. The number of rotatable bonds is 4. The molecule has 10 heteroatoms. The van der Waals surface area contributed by atoms with E-state index in [0.29, 0.717) is 41.1 Å². The van der Waals surface area contributed by atoms with Crippen LogP contribution in [0.3, 0.4) is 0 Å². The summed E-state index contributed by atoms with van der Waals surface area (Å²) in [5.74, 6) is -0.149. The standard InChI is InChI=1S/C23H26F2N8/c1-23(14-27)5-8-31(9-6-23)20-13-28-18-12-29-33(22(18)30-20)32-7-4-16(21(24)25)17-10-15(11-26)2-3-19(17)32/h2-3,10,12-13,16,21H,4-9,14,27H2,1H3. The fourth-order valence-electron chi connectivity index (χ4n) is 4.74. The molecule has 2 aliphatic rings. The van der Waals surface area contributed by atoms with Gasteiger partial charge in [0.1, 0.15) is 11.3 Å². The molecule has 0 amide bonds. The molecule has 2 aromatic heterocycles. The van der Waals surface area contributed by atoms with E-state index in [9.17, 15) is 14.0 Å². The van der Waals surface area contributed by atoms with Crippen LogP contribution in [-0.4, -0.2) is 52.5 Å². The second-order valence-corrected chi connectivity index (χ2v) is 9.21. The monoisotopic (exact) mass is 452 g/mol. The summed E-state index contributed by atoms with van der Waals surface area (Å²) in [6, 6.07) is 6.96. The molecule has 0 saturated carbocycles. The fourth-order valence-corrected chi connectivity index (χ4v) is 4.74. The molecule has 1 unspecified atom stereocenters. The Balaban J connectivity index is 1.51. The van der Waals surface area contributed by atoms with Crippen molar-refractivity contribution in [3.8, 4) is 6.07 Å². The highest BCUT2D eigenvalue weighted by Crippen LogP contribution is 2.40. The van der Waals surface area contributed by atoms with Crippen molar-refractivity contribution in [3.05, 3.63) is 41.7 Å². The Morgan fingerprint density at radius 3 is 2.73 bits per heavy atom. The number of benzene rings is 1. The maximum atomic E-state index is 13.7. The van der Waals surface area contributed by atoms with Crippen molar-refractivity contribution in [2.75, 3.05) is 36.1 Å². The van der Waals surface area contributed by atoms with Gasteiger partial charge in [0.05, 0.1) is 29.7 Å². The van der Waals surface area contributed by atoms with E-state index < -0.39 is 12.3 Å². The smallest absolute Gasteiger partial charge is 0.245 e. The molecule has 0 radical (unpaired) electrons. The van der Waals surface area contributed by atoms with Crippen LogP contribution in [0.1, 0.15) is 43.2 Å². The summed E-state index contributed by atoms with van der Waals surface area (Å²) in [7, 11) is 0. The van der Waals surface area contributed by atoms with E-state index >= 15 is 0 Å². The van der Waals surface area contributed by atoms with E-state index in [1.807, 2.05) is 11.1 Å². The lowest BCUT2D eigenvalue weighted by atomic mass is 9.80. The second-order valence-electron chi connectivity index (χ2n) is 9.21. The molecular formula is C23H26F2N8. The maximum Gasteiger partial charge on any atom is 0.245 e. The van der Waals surface area contributed by atoms with Crippen LogP contribution < -0.4 is 15.6 Å². The van der Waals surface area contributed by atoms with Crippen molar-refractivity contribution in [1.29, 1.82) is 5.26 Å². The number of aromatic nitrogens is 4. The molecule has 5 rings (SSSR count). The number of alkyl halides is 2. The lowest BCUT2D eigenvalue weighted by molar-refractivity contribution is 0.108. The third kappa shape index (κ3) is 3.76. The molecule has 1 saturated heterocycles. The van der Waals surface area contributed by atoms with Crippen LogP contribution in [0.4, 0.5) is 20.3 Å². The largest absolute Gasteiger partial charge is 0.355 e. The average molecular weight is 453 g/mol. The van der Waals surface area contributed by atoms with E-state index in [0.717, 1.165) is 31.7 Å². The fraction of sp³-hybridized carbons (Fsp3) is 0.478. The van der Waals surface area contributed by atoms with Gasteiger partial charge in [0.25, 0.3) is 0 Å². The van der Waals surface area contributed by atoms with Gasteiger partial charge in [-0.2, -0.15) is 15.2 Å². The average Bonchev–Trinajstić information content (AvgIpc) is 3.26. The molecule has 4 heterocycles. The first-order valence-electron chi connectivity index (χ1n) is 11.2. The highest BCUT2D eigenvalue weighted by atomic mass is 19.3. The van der Waals surface area contributed by atoms with Gasteiger partial charge in [0, 0.05) is 25.6 Å². The molecular weight excluding hydrogens is 426 g/mol. The van der Waals surface area contributed by atoms with Crippen LogP contribution in [0.15, 0.2) is 30.6 Å². The van der Waals surface area contributed by atoms with Crippen molar-refractivity contribution in [2.24, 2.45) is 11.1 Å². The van der Waals surface area contributed by atoms with Gasteiger partial charge in [-0.1, -0.05) is 6.92 Å². The number of nitriles is 1. The molecule has 1 fully saturated rings. The molecule has 3 aromatic rings. The molecule has 8 nitrogen and oxygen atoms in total. The summed E-state index contributed by atoms with van der Waals surface area (Å²) in [5.41, 5.74) is 8.73. The number of nitrogens with two attached hydrogens (primary N) is 1. The molecule has 0 aliphatic carbocycles. The number of halogens is 2. The Morgan fingerprint density at radius 1 is 1.24 bits per heavy atom. The molecule has 1 atom stereocenters. The number of hydrogen-bond donors (Lipinski definition) is 1. The highest BCUT2D eigenvalue weighted by molar-refractivity contribution is 5.73. The van der Waals surface area contributed by atoms with Gasteiger partial charge < -0.3 is 10.6 Å². The van der Waals surface area contributed by atoms with Gasteiger partial charge in [-0.15, -0.1) is 0 Å². The topological polar surface area (TPSA) is 99.9 Å². The minimum Gasteiger partial charge on any atom is -0.355 e. The van der Waals surface area contributed by atoms with Gasteiger partial charge in [0.2, 0.25) is 12.1 Å². The van der Waals surface area contributed by atoms with Crippen LogP contribution in [0, 0.1) is 16.7 Å². The second kappa shape index (κ2) is 8.23. The molecule has 1 aromatic carbocycles. The van der Waals surface area contributed by atoms with Crippen molar-refractivity contribution >= 4 is 22.7 Å². The van der Waals surface area contributed by atoms with Gasteiger partial charge in [-0.25, -0.2) is 18.7 Å². The summed E-state index contributed by atoms with van der Waals surface area (Å²) < 4.78 is 27.5. The van der Waals surface area contributed by atoms with Gasteiger partial charge in [-0.05, 0) is 55.0 Å². The first kappa shape index (κ1) is 21.5. The number of anilines is 2. The van der Waals surface area contributed by atoms with E-state index in [2.05, 4.69) is 21.9 Å². The van der Waals surface area contributed by atoms with Gasteiger partial charge in [0.15, 0.2) is 0 Å². The predicted molar refractivity (Wildman–Crippen MR) is 121 cm³/mol. The number of piperidine rings is 1. The third-order valence-electron chi connectivity index (χ3n) is 7.05. The van der Waals surface area contributed by atoms with Gasteiger partial charge in [-0.3, -0.25) is 5.01 Å². The Labute approximate surface area is 190 Å². The molecule has 2 N–H and O–H groups in total. The van der Waals surface area contributed by atoms with Crippen LogP contribution in [0.2, 0.25) is 0 Å². The lowest BCUT2D eigenvalue weighted by Gasteiger charge is -2.39. The summed E-state index contributed by atoms with van der Waals surface area (Å²) in [6.45, 7) is 4.94. The quantitative estimate of drug-likeness (QED) is 0.648. The Bertz CT molecular complexity index is 1210. The molecule has 172 valence electrons. The van der Waals surface area contributed by atoms with E-state index in [1.165, 1.54) is 0 Å². The Morgan fingerprint density at radius 2 is 2.03 bits per heavy atom. The van der Waals surface area contributed by atoms with Crippen molar-refractivity contribution < 1.29 is 8.78 Å². The zero-order valence-electron chi connectivity index (χ0n) is 18.5. The van der Waals surface area contributed by atoms with Crippen LogP contribution >= 0.6 is 0 Å². The number of fused-ring (bicyclic) bond motifs is 2. The van der Waals surface area contributed by atoms with Crippen LogP contribution in [-0.2, 0) is 0 Å². The van der Waals surface area contributed by atoms with E-state index in [1.54, 1.807) is 35.4 Å². The van der Waals surface area contributed by atoms with Crippen LogP contribution in [0.25, 0.3) is 11.2 Å². The zero-order valence-corrected chi connectivity index (χ0v) is 18.5. The van der Waals surface area contributed by atoms with Crippen molar-refractivity contribution in [2.45, 2.75) is 38.5 Å². The number of hydrogen-bond acceptors (Lipinski definition) is 7. The minimum absolute atomic E-state index is 0.150. The highest BCUT2D eigenvalue weighted by Gasteiger charge is 2.34. The molecule has 0 bridgehead atoms. The van der Waals surface area contributed by atoms with E-state index in [4.69, 9.17) is 10.7 Å². The molecule has 0 spiro atoms. The SMILES string of the molecule is CC1(CN)CCN(c2cnc3cnn(N4CCC(C(F)F)c5cc(C#N)ccc54)c3n2)CC1. The van der Waals surface area contributed by atoms with Gasteiger partial charge >= 0.3 is 0 Å². The first-order chi connectivity index (χ1) is 15.9. The zero-order chi connectivity index (χ0) is 23.2. The number of nitrogens with zero attached hydrogens (tertiary/aromatic N) is 7. The van der Waals surface area contributed by atoms with Crippen molar-refractivity contribution in [1.82, 2.24) is 19.9 Å². The van der Waals surface area contributed by atoms with Crippen molar-refractivity contribution in [3.63, 3.8) is 0 Å². The summed E-state index contributed by atoms with van der Waals surface area (Å²) >= 11 is 0. The van der Waals surface area contributed by atoms with Crippen LogP contribution in [0.5, 0.6) is 0 Å². The first-order valence-corrected chi connectivity index (χ1v) is 11.2. The normalized spacial score (nSPS) is 20.2. The molecule has 2 aliphatic heterocycles. The maximum absolute atomic E-state index is 13.7. The molecule has 33 heavy (non-hydrogen) atoms. The predicted octanol–water partition coefficient (Wildman–Crippen LogP) is 3.29. The third-order valence-corrected chi connectivity index (χ3v) is 7.05. The minimum atomic E-state index is -2.50. The van der Waals surface area contributed by atoms with E-state index in [-0.39, 0.29) is 11.8 Å². The summed E-state index contributed by atoms with van der Waals surface area (Å²) in [6.07, 6.45) is 3.11. The Kier molecular flexibility index (Phi) is 5.37. The summed E-state index contributed by atoms with van der Waals surface area (Å²) in [5, 5.41) is 15.6.